The van der Waals surface area contributed by atoms with Crippen LogP contribution in [-0.4, -0.2) is 32.8 Å². The molecule has 4 heteroatoms. The molecule has 1 aliphatic rings. The van der Waals surface area contributed by atoms with Gasteiger partial charge in [-0.05, 0) is 0 Å². The third-order valence-corrected chi connectivity index (χ3v) is 3.93. The van der Waals surface area contributed by atoms with Gasteiger partial charge in [-0.1, -0.05) is 33.0 Å². The lowest BCUT2D eigenvalue weighted by atomic mass is 10.3. The van der Waals surface area contributed by atoms with Gasteiger partial charge in [0.2, 0.25) is 5.91 Å². The standard InChI is InChI=1S/C9H15NOS2/c1-9(2,3)13-6-5-7(11)10(4)8(6)12/h6H,5H2,1-4H3. The molecule has 1 unspecified atom stereocenters. The second kappa shape index (κ2) is 3.58. The quantitative estimate of drug-likeness (QED) is 0.627. The minimum absolute atomic E-state index is 0.145. The molecule has 1 aliphatic heterocycles. The van der Waals surface area contributed by atoms with Crippen molar-refractivity contribution in [2.45, 2.75) is 37.2 Å². The van der Waals surface area contributed by atoms with E-state index in [0.29, 0.717) is 6.42 Å². The first-order chi connectivity index (χ1) is 5.81. The second-order valence-electron chi connectivity index (χ2n) is 4.21. The maximum absolute atomic E-state index is 11.3. The van der Waals surface area contributed by atoms with Gasteiger partial charge < -0.3 is 4.90 Å². The SMILES string of the molecule is CN1C(=O)CC(SC(C)(C)C)C1=S. The van der Waals surface area contributed by atoms with Crippen LogP contribution in [0.5, 0.6) is 0 Å². The Kier molecular flexibility index (Phi) is 3.02. The normalized spacial score (nSPS) is 24.3. The van der Waals surface area contributed by atoms with Gasteiger partial charge in [-0.15, -0.1) is 11.8 Å². The molecule has 1 rings (SSSR count). The summed E-state index contributed by atoms with van der Waals surface area (Å²) in [5, 5.41) is 0.201. The van der Waals surface area contributed by atoms with E-state index in [1.807, 2.05) is 0 Å². The Hall–Kier alpha value is -0.0900. The number of likely N-dealkylation sites (tertiary alicyclic amines) is 1. The van der Waals surface area contributed by atoms with Gasteiger partial charge in [-0.2, -0.15) is 0 Å². The third kappa shape index (κ3) is 2.68. The fourth-order valence-corrected chi connectivity index (χ4v) is 2.91. The Labute approximate surface area is 89.1 Å². The summed E-state index contributed by atoms with van der Waals surface area (Å²) in [6.45, 7) is 6.43. The van der Waals surface area contributed by atoms with Crippen molar-refractivity contribution in [3.05, 3.63) is 0 Å². The van der Waals surface area contributed by atoms with E-state index in [0.717, 1.165) is 4.99 Å². The second-order valence-corrected chi connectivity index (χ2v) is 6.66. The van der Waals surface area contributed by atoms with Crippen LogP contribution in [0.1, 0.15) is 27.2 Å². The van der Waals surface area contributed by atoms with Crippen molar-refractivity contribution in [2.75, 3.05) is 7.05 Å². The number of rotatable bonds is 1. The van der Waals surface area contributed by atoms with E-state index < -0.39 is 0 Å². The molecule has 0 aromatic carbocycles. The van der Waals surface area contributed by atoms with Gasteiger partial charge in [-0.25, -0.2) is 0 Å². The van der Waals surface area contributed by atoms with Crippen LogP contribution in [0.15, 0.2) is 0 Å². The van der Waals surface area contributed by atoms with Crippen LogP contribution < -0.4 is 0 Å². The molecular weight excluding hydrogens is 202 g/mol. The van der Waals surface area contributed by atoms with E-state index >= 15 is 0 Å². The number of carbonyl (C=O) groups excluding carboxylic acids is 1. The number of thioether (sulfide) groups is 1. The Balaban J connectivity index is 2.65. The minimum Gasteiger partial charge on any atom is -0.309 e. The molecule has 0 bridgehead atoms. The first kappa shape index (κ1) is 11.0. The highest BCUT2D eigenvalue weighted by Crippen LogP contribution is 2.34. The Morgan fingerprint density at radius 3 is 2.38 bits per heavy atom. The molecule has 0 aromatic heterocycles. The summed E-state index contributed by atoms with van der Waals surface area (Å²) in [6, 6.07) is 0. The molecule has 0 saturated carbocycles. The zero-order chi connectivity index (χ0) is 10.2. The van der Waals surface area contributed by atoms with E-state index in [1.165, 1.54) is 0 Å². The van der Waals surface area contributed by atoms with E-state index in [2.05, 4.69) is 20.8 Å². The lowest BCUT2D eigenvalue weighted by Gasteiger charge is -2.22. The highest BCUT2D eigenvalue weighted by atomic mass is 32.2. The predicted molar refractivity (Wildman–Crippen MR) is 61.1 cm³/mol. The van der Waals surface area contributed by atoms with Gasteiger partial charge in [0.25, 0.3) is 0 Å². The van der Waals surface area contributed by atoms with Crippen molar-refractivity contribution >= 4 is 34.9 Å². The van der Waals surface area contributed by atoms with Gasteiger partial charge >= 0.3 is 0 Å². The molecule has 74 valence electrons. The van der Waals surface area contributed by atoms with Crippen LogP contribution in [0.3, 0.4) is 0 Å². The molecule has 0 aliphatic carbocycles. The molecule has 1 fully saturated rings. The fourth-order valence-electron chi connectivity index (χ4n) is 1.24. The average molecular weight is 217 g/mol. The molecule has 1 amide bonds. The number of thiocarbonyl (C=S) groups is 1. The van der Waals surface area contributed by atoms with Crippen LogP contribution in [0.4, 0.5) is 0 Å². The molecule has 2 nitrogen and oxygen atoms in total. The maximum Gasteiger partial charge on any atom is 0.228 e. The molecule has 0 spiro atoms. The monoisotopic (exact) mass is 217 g/mol. The number of carbonyl (C=O) groups is 1. The lowest BCUT2D eigenvalue weighted by Crippen LogP contribution is -2.26. The maximum atomic E-state index is 11.3. The summed E-state index contributed by atoms with van der Waals surface area (Å²) in [4.78, 5) is 13.7. The number of nitrogens with zero attached hydrogens (tertiary/aromatic N) is 1. The summed E-state index contributed by atoms with van der Waals surface area (Å²) in [5.74, 6) is 0.145. The molecule has 0 N–H and O–H groups in total. The molecule has 0 aromatic rings. The van der Waals surface area contributed by atoms with Crippen molar-refractivity contribution in [3.63, 3.8) is 0 Å². The largest absolute Gasteiger partial charge is 0.309 e. The predicted octanol–water partition coefficient (Wildman–Crippen LogP) is 2.08. The van der Waals surface area contributed by atoms with E-state index in [1.54, 1.807) is 23.7 Å². The van der Waals surface area contributed by atoms with Gasteiger partial charge in [0, 0.05) is 18.2 Å². The smallest absolute Gasteiger partial charge is 0.228 e. The topological polar surface area (TPSA) is 20.3 Å². The number of hydrogen-bond donors (Lipinski definition) is 0. The molecular formula is C9H15NOS2. The summed E-state index contributed by atoms with van der Waals surface area (Å²) in [5.41, 5.74) is 0. The summed E-state index contributed by atoms with van der Waals surface area (Å²) in [7, 11) is 1.76. The first-order valence-corrected chi connectivity index (χ1v) is 5.58. The van der Waals surface area contributed by atoms with Crippen LogP contribution in [0.25, 0.3) is 0 Å². The van der Waals surface area contributed by atoms with E-state index in [9.17, 15) is 4.79 Å². The van der Waals surface area contributed by atoms with Crippen molar-refractivity contribution in [2.24, 2.45) is 0 Å². The first-order valence-electron chi connectivity index (χ1n) is 4.29. The molecule has 13 heavy (non-hydrogen) atoms. The molecule has 1 heterocycles. The zero-order valence-corrected chi connectivity index (χ0v) is 10.1. The highest BCUT2D eigenvalue weighted by molar-refractivity contribution is 8.03. The summed E-state index contributed by atoms with van der Waals surface area (Å²) >= 11 is 6.97. The Bertz CT molecular complexity index is 244. The van der Waals surface area contributed by atoms with Crippen LogP contribution in [0.2, 0.25) is 0 Å². The van der Waals surface area contributed by atoms with Crippen molar-refractivity contribution in [1.29, 1.82) is 0 Å². The molecule has 1 saturated heterocycles. The number of amides is 1. The van der Waals surface area contributed by atoms with E-state index in [-0.39, 0.29) is 15.9 Å². The van der Waals surface area contributed by atoms with Crippen LogP contribution >= 0.6 is 24.0 Å². The summed E-state index contributed by atoms with van der Waals surface area (Å²) < 4.78 is 0.167. The van der Waals surface area contributed by atoms with Crippen molar-refractivity contribution in [3.8, 4) is 0 Å². The van der Waals surface area contributed by atoms with Gasteiger partial charge in [0.05, 0.1) is 10.2 Å². The van der Waals surface area contributed by atoms with E-state index in [4.69, 9.17) is 12.2 Å². The van der Waals surface area contributed by atoms with Crippen molar-refractivity contribution < 1.29 is 4.79 Å². The van der Waals surface area contributed by atoms with Crippen molar-refractivity contribution in [1.82, 2.24) is 4.90 Å². The fraction of sp³-hybridized carbons (Fsp3) is 0.778. The average Bonchev–Trinajstić information content (AvgIpc) is 2.15. The summed E-state index contributed by atoms with van der Waals surface area (Å²) in [6.07, 6.45) is 0.567. The molecule has 0 radical (unpaired) electrons. The Morgan fingerprint density at radius 2 is 2.08 bits per heavy atom. The van der Waals surface area contributed by atoms with Gasteiger partial charge in [0.15, 0.2) is 0 Å². The zero-order valence-electron chi connectivity index (χ0n) is 8.46. The number of hydrogen-bond acceptors (Lipinski definition) is 3. The van der Waals surface area contributed by atoms with Crippen LogP contribution in [0, 0.1) is 0 Å². The highest BCUT2D eigenvalue weighted by Gasteiger charge is 2.35. The van der Waals surface area contributed by atoms with Crippen LogP contribution in [-0.2, 0) is 4.79 Å². The van der Waals surface area contributed by atoms with Gasteiger partial charge in [-0.3, -0.25) is 4.79 Å². The minimum atomic E-state index is 0.145. The third-order valence-electron chi connectivity index (χ3n) is 1.84. The van der Waals surface area contributed by atoms with Gasteiger partial charge in [0.1, 0.15) is 0 Å². The Morgan fingerprint density at radius 1 is 1.54 bits per heavy atom. The molecule has 1 atom stereocenters. The lowest BCUT2D eigenvalue weighted by molar-refractivity contribution is -0.124.